The number of amides is 1. The van der Waals surface area contributed by atoms with Crippen molar-refractivity contribution in [1.82, 2.24) is 20.5 Å². The van der Waals surface area contributed by atoms with Gasteiger partial charge in [-0.3, -0.25) is 4.79 Å². The number of aromatic nitrogens is 1. The molecule has 1 aliphatic rings. The molecule has 0 bridgehead atoms. The first kappa shape index (κ1) is 26.5. The summed E-state index contributed by atoms with van der Waals surface area (Å²) in [5, 5.41) is 7.66. The Balaban J connectivity index is 0.00000363. The number of guanidine groups is 1. The number of rotatable bonds is 7. The van der Waals surface area contributed by atoms with Crippen molar-refractivity contribution in [3.8, 4) is 0 Å². The maximum atomic E-state index is 12.8. The van der Waals surface area contributed by atoms with Crippen molar-refractivity contribution < 1.29 is 9.53 Å². The van der Waals surface area contributed by atoms with Crippen LogP contribution in [-0.2, 0) is 24.2 Å². The zero-order chi connectivity index (χ0) is 22.2. The predicted octanol–water partition coefficient (Wildman–Crippen LogP) is 3.83. The number of morpholine rings is 1. The molecule has 0 aliphatic carbocycles. The van der Waals surface area contributed by atoms with Gasteiger partial charge in [0.1, 0.15) is 5.01 Å². The lowest BCUT2D eigenvalue weighted by Crippen LogP contribution is -2.48. The van der Waals surface area contributed by atoms with E-state index in [1.165, 1.54) is 4.88 Å². The number of carbonyl (C=O) groups excluding carboxylic acids is 1. The highest BCUT2D eigenvalue weighted by atomic mass is 127. The van der Waals surface area contributed by atoms with Crippen LogP contribution in [0.2, 0.25) is 0 Å². The second-order valence-corrected chi connectivity index (χ2v) is 8.99. The van der Waals surface area contributed by atoms with Gasteiger partial charge in [0.05, 0.1) is 25.3 Å². The summed E-state index contributed by atoms with van der Waals surface area (Å²) < 4.78 is 5.73. The van der Waals surface area contributed by atoms with Crippen LogP contribution in [0.25, 0.3) is 0 Å². The van der Waals surface area contributed by atoms with Gasteiger partial charge in [0.2, 0.25) is 0 Å². The van der Waals surface area contributed by atoms with Crippen LogP contribution >= 0.6 is 35.3 Å². The Morgan fingerprint density at radius 3 is 2.47 bits per heavy atom. The summed E-state index contributed by atoms with van der Waals surface area (Å²) in [6.45, 7) is 11.4. The standard InChI is InChI=1S/C23H33N5O2S.HI/c1-5-20-12-25-21(31-20)13-27-23(24-6-2)26-11-18-7-9-19(10-8-18)22(29)28-14-16(3)30-17(4)15-28;/h7-10,12,16-17H,5-6,11,13-15H2,1-4H3,(H2,24,26,27);1H. The van der Waals surface area contributed by atoms with E-state index in [2.05, 4.69) is 27.5 Å². The highest BCUT2D eigenvalue weighted by Crippen LogP contribution is 2.15. The summed E-state index contributed by atoms with van der Waals surface area (Å²) in [6.07, 6.45) is 3.08. The molecule has 1 saturated heterocycles. The van der Waals surface area contributed by atoms with Gasteiger partial charge in [-0.1, -0.05) is 19.1 Å². The minimum Gasteiger partial charge on any atom is -0.372 e. The van der Waals surface area contributed by atoms with E-state index >= 15 is 0 Å². The number of hydrogen-bond donors (Lipinski definition) is 2. The summed E-state index contributed by atoms with van der Waals surface area (Å²) in [6, 6.07) is 7.73. The largest absolute Gasteiger partial charge is 0.372 e. The number of nitrogens with zero attached hydrogens (tertiary/aromatic N) is 3. The molecule has 176 valence electrons. The molecule has 2 unspecified atom stereocenters. The third-order valence-corrected chi connectivity index (χ3v) is 6.17. The molecular formula is C23H34IN5O2S. The Morgan fingerprint density at radius 2 is 1.88 bits per heavy atom. The second kappa shape index (κ2) is 13.1. The van der Waals surface area contributed by atoms with Gasteiger partial charge in [-0.05, 0) is 44.9 Å². The van der Waals surface area contributed by atoms with Crippen molar-refractivity contribution in [2.45, 2.75) is 59.4 Å². The Morgan fingerprint density at radius 1 is 1.19 bits per heavy atom. The first-order valence-electron chi connectivity index (χ1n) is 11.0. The molecule has 2 heterocycles. The molecule has 9 heteroatoms. The fraction of sp³-hybridized carbons (Fsp3) is 0.522. The van der Waals surface area contributed by atoms with Crippen molar-refractivity contribution in [1.29, 1.82) is 0 Å². The molecular weight excluding hydrogens is 537 g/mol. The van der Waals surface area contributed by atoms with E-state index in [-0.39, 0.29) is 42.1 Å². The number of benzene rings is 1. The second-order valence-electron chi connectivity index (χ2n) is 7.79. The molecule has 3 rings (SSSR count). The summed E-state index contributed by atoms with van der Waals surface area (Å²) in [4.78, 5) is 25.1. The van der Waals surface area contributed by atoms with E-state index in [1.54, 1.807) is 11.3 Å². The summed E-state index contributed by atoms with van der Waals surface area (Å²) >= 11 is 1.72. The monoisotopic (exact) mass is 571 g/mol. The van der Waals surface area contributed by atoms with Crippen molar-refractivity contribution in [2.75, 3.05) is 19.6 Å². The van der Waals surface area contributed by atoms with E-state index < -0.39 is 0 Å². The molecule has 1 aliphatic heterocycles. The molecule has 1 aromatic heterocycles. The molecule has 0 saturated carbocycles. The van der Waals surface area contributed by atoms with E-state index in [0.29, 0.717) is 31.7 Å². The first-order chi connectivity index (χ1) is 15.0. The number of ether oxygens (including phenoxy) is 1. The van der Waals surface area contributed by atoms with Crippen molar-refractivity contribution in [3.63, 3.8) is 0 Å². The van der Waals surface area contributed by atoms with Crippen LogP contribution in [-0.4, -0.2) is 53.6 Å². The van der Waals surface area contributed by atoms with Crippen molar-refractivity contribution >= 4 is 47.2 Å². The van der Waals surface area contributed by atoms with E-state index in [4.69, 9.17) is 4.74 Å². The minimum atomic E-state index is 0. The van der Waals surface area contributed by atoms with E-state index in [1.807, 2.05) is 56.1 Å². The molecule has 2 atom stereocenters. The lowest BCUT2D eigenvalue weighted by atomic mass is 10.1. The topological polar surface area (TPSA) is 78.9 Å². The average molecular weight is 572 g/mol. The summed E-state index contributed by atoms with van der Waals surface area (Å²) in [7, 11) is 0. The summed E-state index contributed by atoms with van der Waals surface area (Å²) in [5.41, 5.74) is 1.76. The number of thiazole rings is 1. The number of hydrogen-bond acceptors (Lipinski definition) is 5. The third-order valence-electron chi connectivity index (χ3n) is 5.03. The quantitative estimate of drug-likeness (QED) is 0.300. The van der Waals surface area contributed by atoms with Gasteiger partial charge in [0.15, 0.2) is 5.96 Å². The number of halogens is 1. The number of aliphatic imine (C=N–C) groups is 1. The van der Waals surface area contributed by atoms with Crippen molar-refractivity contribution in [3.05, 3.63) is 51.5 Å². The van der Waals surface area contributed by atoms with Crippen LogP contribution in [0.15, 0.2) is 35.5 Å². The van der Waals surface area contributed by atoms with Crippen LogP contribution in [0.4, 0.5) is 0 Å². The fourth-order valence-electron chi connectivity index (χ4n) is 3.54. The molecule has 2 aromatic rings. The predicted molar refractivity (Wildman–Crippen MR) is 141 cm³/mol. The molecule has 1 amide bonds. The van der Waals surface area contributed by atoms with E-state index in [0.717, 1.165) is 29.5 Å². The van der Waals surface area contributed by atoms with Gasteiger partial charge in [-0.2, -0.15) is 0 Å². The lowest BCUT2D eigenvalue weighted by Gasteiger charge is -2.35. The molecule has 7 nitrogen and oxygen atoms in total. The van der Waals surface area contributed by atoms with Crippen molar-refractivity contribution in [2.24, 2.45) is 4.99 Å². The maximum Gasteiger partial charge on any atom is 0.254 e. The van der Waals surface area contributed by atoms with E-state index in [9.17, 15) is 4.79 Å². The maximum absolute atomic E-state index is 12.8. The smallest absolute Gasteiger partial charge is 0.254 e. The van der Waals surface area contributed by atoms with Gasteiger partial charge >= 0.3 is 0 Å². The van der Waals surface area contributed by atoms with Gasteiger partial charge in [-0.25, -0.2) is 9.98 Å². The van der Waals surface area contributed by atoms with Crippen LogP contribution in [0.5, 0.6) is 0 Å². The fourth-order valence-corrected chi connectivity index (χ4v) is 4.35. The van der Waals surface area contributed by atoms with Gasteiger partial charge < -0.3 is 20.3 Å². The Kier molecular flexibility index (Phi) is 10.9. The molecule has 0 spiro atoms. The van der Waals surface area contributed by atoms with Gasteiger partial charge in [0.25, 0.3) is 5.91 Å². The molecule has 2 N–H and O–H groups in total. The molecule has 1 fully saturated rings. The normalized spacial score (nSPS) is 18.8. The summed E-state index contributed by atoms with van der Waals surface area (Å²) in [5.74, 6) is 0.814. The molecule has 32 heavy (non-hydrogen) atoms. The third kappa shape index (κ3) is 7.70. The first-order valence-corrected chi connectivity index (χ1v) is 11.8. The highest BCUT2D eigenvalue weighted by Gasteiger charge is 2.26. The SMILES string of the molecule is CCNC(=NCc1ccc(C(=O)N2CC(C)OC(C)C2)cc1)NCc1ncc(CC)s1.I. The van der Waals surface area contributed by atoms with Crippen LogP contribution in [0.1, 0.15) is 53.5 Å². The molecule has 0 radical (unpaired) electrons. The number of nitrogens with one attached hydrogen (secondary N) is 2. The van der Waals surface area contributed by atoms with Crippen LogP contribution in [0.3, 0.4) is 0 Å². The Hall–Kier alpha value is -1.72. The van der Waals surface area contributed by atoms with Crippen LogP contribution in [0, 0.1) is 0 Å². The zero-order valence-electron chi connectivity index (χ0n) is 19.3. The molecule has 1 aromatic carbocycles. The number of aryl methyl sites for hydroxylation is 1. The zero-order valence-corrected chi connectivity index (χ0v) is 22.4. The Bertz CT molecular complexity index is 877. The number of carbonyl (C=O) groups is 1. The highest BCUT2D eigenvalue weighted by molar-refractivity contribution is 14.0. The van der Waals surface area contributed by atoms with Crippen LogP contribution < -0.4 is 10.6 Å². The lowest BCUT2D eigenvalue weighted by molar-refractivity contribution is -0.0586. The Labute approximate surface area is 212 Å². The van der Waals surface area contributed by atoms with Gasteiger partial charge in [0, 0.05) is 36.3 Å². The van der Waals surface area contributed by atoms with Gasteiger partial charge in [-0.15, -0.1) is 35.3 Å². The minimum absolute atomic E-state index is 0. The average Bonchev–Trinajstić information content (AvgIpc) is 3.23.